The predicted octanol–water partition coefficient (Wildman–Crippen LogP) is 0.640. The third kappa shape index (κ3) is 1.38. The Morgan fingerprint density at radius 3 is 2.71 bits per heavy atom. The monoisotopic (exact) mass is 190 g/mol. The molecule has 2 aliphatic heterocycles. The maximum Gasteiger partial charge on any atom is 0.123 e. The van der Waals surface area contributed by atoms with E-state index in [0.29, 0.717) is 6.10 Å². The van der Waals surface area contributed by atoms with Gasteiger partial charge in [0.05, 0.1) is 0 Å². The summed E-state index contributed by atoms with van der Waals surface area (Å²) in [5, 5.41) is 6.52. The van der Waals surface area contributed by atoms with Crippen LogP contribution in [0.25, 0.3) is 0 Å². The topological polar surface area (TPSA) is 33.3 Å². The minimum absolute atomic E-state index is 0.377. The molecular formula is C11H14N2O. The van der Waals surface area contributed by atoms with E-state index in [9.17, 15) is 0 Å². The molecule has 2 heterocycles. The molecule has 3 nitrogen and oxygen atoms in total. The van der Waals surface area contributed by atoms with Gasteiger partial charge in [-0.25, -0.2) is 0 Å². The maximum atomic E-state index is 5.79. The lowest BCUT2D eigenvalue weighted by atomic mass is 10.1. The molecule has 1 fully saturated rings. The maximum absolute atomic E-state index is 5.79. The highest BCUT2D eigenvalue weighted by Crippen LogP contribution is 2.22. The van der Waals surface area contributed by atoms with Gasteiger partial charge in [-0.15, -0.1) is 0 Å². The highest BCUT2D eigenvalue weighted by atomic mass is 16.5. The molecule has 0 unspecified atom stereocenters. The molecule has 0 aromatic heterocycles. The van der Waals surface area contributed by atoms with Crippen LogP contribution in [0.4, 0.5) is 0 Å². The van der Waals surface area contributed by atoms with E-state index in [1.807, 2.05) is 0 Å². The van der Waals surface area contributed by atoms with Crippen molar-refractivity contribution in [2.24, 2.45) is 0 Å². The second kappa shape index (κ2) is 3.26. The Kier molecular flexibility index (Phi) is 1.92. The van der Waals surface area contributed by atoms with E-state index < -0.39 is 0 Å². The van der Waals surface area contributed by atoms with Gasteiger partial charge in [0.1, 0.15) is 11.9 Å². The zero-order chi connectivity index (χ0) is 9.38. The molecule has 0 atom stereocenters. The first-order chi connectivity index (χ1) is 6.92. The number of nitrogens with one attached hydrogen (secondary N) is 2. The van der Waals surface area contributed by atoms with Gasteiger partial charge in [-0.1, -0.05) is 6.07 Å². The van der Waals surface area contributed by atoms with Crippen molar-refractivity contribution in [1.29, 1.82) is 0 Å². The molecular weight excluding hydrogens is 176 g/mol. The highest BCUT2D eigenvalue weighted by Gasteiger charge is 2.19. The Labute approximate surface area is 83.5 Å². The molecule has 3 heteroatoms. The summed E-state index contributed by atoms with van der Waals surface area (Å²) in [5.41, 5.74) is 2.79. The average molecular weight is 190 g/mol. The number of hydrogen-bond acceptors (Lipinski definition) is 3. The lowest BCUT2D eigenvalue weighted by Crippen LogP contribution is -2.50. The van der Waals surface area contributed by atoms with Crippen LogP contribution in [-0.2, 0) is 13.1 Å². The van der Waals surface area contributed by atoms with Crippen molar-refractivity contribution >= 4 is 0 Å². The van der Waals surface area contributed by atoms with Gasteiger partial charge in [-0.05, 0) is 23.3 Å². The van der Waals surface area contributed by atoms with Crippen LogP contribution in [0.5, 0.6) is 5.75 Å². The quantitative estimate of drug-likeness (QED) is 0.718. The minimum Gasteiger partial charge on any atom is -0.488 e. The Balaban J connectivity index is 1.78. The van der Waals surface area contributed by atoms with Crippen molar-refractivity contribution in [3.63, 3.8) is 0 Å². The van der Waals surface area contributed by atoms with Gasteiger partial charge in [0.15, 0.2) is 0 Å². The first-order valence-electron chi connectivity index (χ1n) is 5.12. The molecule has 0 spiro atoms. The van der Waals surface area contributed by atoms with Crippen LogP contribution in [0.2, 0.25) is 0 Å². The average Bonchev–Trinajstić information content (AvgIpc) is 2.58. The summed E-state index contributed by atoms with van der Waals surface area (Å²) in [7, 11) is 0. The van der Waals surface area contributed by atoms with E-state index in [1.165, 1.54) is 11.1 Å². The number of hydrogen-bond donors (Lipinski definition) is 2. The van der Waals surface area contributed by atoms with Crippen molar-refractivity contribution in [2.45, 2.75) is 19.2 Å². The highest BCUT2D eigenvalue weighted by molar-refractivity contribution is 5.37. The Morgan fingerprint density at radius 1 is 1.07 bits per heavy atom. The second-order valence-corrected chi connectivity index (χ2v) is 3.93. The van der Waals surface area contributed by atoms with Crippen LogP contribution < -0.4 is 15.4 Å². The fourth-order valence-corrected chi connectivity index (χ4v) is 1.88. The SMILES string of the molecule is c1cc2c(cc1OC1CNC1)CNC2. The summed E-state index contributed by atoms with van der Waals surface area (Å²) >= 11 is 0. The Bertz CT molecular complexity index is 347. The molecule has 1 aromatic carbocycles. The van der Waals surface area contributed by atoms with Gasteiger partial charge < -0.3 is 15.4 Å². The fourth-order valence-electron chi connectivity index (χ4n) is 1.88. The Hall–Kier alpha value is -1.06. The van der Waals surface area contributed by atoms with Crippen LogP contribution >= 0.6 is 0 Å². The summed E-state index contributed by atoms with van der Waals surface area (Å²) in [6, 6.07) is 6.40. The third-order valence-electron chi connectivity index (χ3n) is 2.86. The van der Waals surface area contributed by atoms with Crippen LogP contribution in [0.1, 0.15) is 11.1 Å². The summed E-state index contributed by atoms with van der Waals surface area (Å²) in [4.78, 5) is 0. The zero-order valence-corrected chi connectivity index (χ0v) is 8.05. The van der Waals surface area contributed by atoms with Crippen molar-refractivity contribution in [3.05, 3.63) is 29.3 Å². The summed E-state index contributed by atoms with van der Waals surface area (Å²) < 4.78 is 5.79. The molecule has 0 saturated carbocycles. The Morgan fingerprint density at radius 2 is 1.93 bits per heavy atom. The molecule has 3 rings (SSSR count). The van der Waals surface area contributed by atoms with Gasteiger partial charge in [0.2, 0.25) is 0 Å². The number of fused-ring (bicyclic) bond motifs is 1. The molecule has 0 bridgehead atoms. The molecule has 0 radical (unpaired) electrons. The lowest BCUT2D eigenvalue weighted by Gasteiger charge is -2.27. The number of rotatable bonds is 2. The molecule has 2 aliphatic rings. The molecule has 74 valence electrons. The minimum atomic E-state index is 0.377. The molecule has 1 saturated heterocycles. The summed E-state index contributed by atoms with van der Waals surface area (Å²) in [6.07, 6.45) is 0.377. The van der Waals surface area contributed by atoms with Gasteiger partial charge in [0, 0.05) is 26.2 Å². The van der Waals surface area contributed by atoms with E-state index in [4.69, 9.17) is 4.74 Å². The van der Waals surface area contributed by atoms with Crippen molar-refractivity contribution in [3.8, 4) is 5.75 Å². The van der Waals surface area contributed by atoms with Crippen molar-refractivity contribution in [1.82, 2.24) is 10.6 Å². The van der Waals surface area contributed by atoms with Crippen LogP contribution in [0.3, 0.4) is 0 Å². The van der Waals surface area contributed by atoms with Crippen LogP contribution in [-0.4, -0.2) is 19.2 Å². The van der Waals surface area contributed by atoms with E-state index in [0.717, 1.165) is 31.9 Å². The van der Waals surface area contributed by atoms with Gasteiger partial charge >= 0.3 is 0 Å². The van der Waals surface area contributed by atoms with E-state index >= 15 is 0 Å². The van der Waals surface area contributed by atoms with Crippen LogP contribution in [0, 0.1) is 0 Å². The number of ether oxygens (including phenoxy) is 1. The fraction of sp³-hybridized carbons (Fsp3) is 0.455. The van der Waals surface area contributed by atoms with Gasteiger partial charge in [0.25, 0.3) is 0 Å². The molecule has 1 aromatic rings. The van der Waals surface area contributed by atoms with E-state index in [1.54, 1.807) is 0 Å². The largest absolute Gasteiger partial charge is 0.488 e. The van der Waals surface area contributed by atoms with Gasteiger partial charge in [-0.2, -0.15) is 0 Å². The van der Waals surface area contributed by atoms with Gasteiger partial charge in [-0.3, -0.25) is 0 Å². The molecule has 2 N–H and O–H groups in total. The smallest absolute Gasteiger partial charge is 0.123 e. The first kappa shape index (κ1) is 8.26. The second-order valence-electron chi connectivity index (χ2n) is 3.93. The van der Waals surface area contributed by atoms with E-state index in [-0.39, 0.29) is 0 Å². The summed E-state index contributed by atoms with van der Waals surface area (Å²) in [5.74, 6) is 1.01. The molecule has 0 aliphatic carbocycles. The third-order valence-corrected chi connectivity index (χ3v) is 2.86. The predicted molar refractivity (Wildman–Crippen MR) is 54.3 cm³/mol. The van der Waals surface area contributed by atoms with E-state index in [2.05, 4.69) is 28.8 Å². The number of benzene rings is 1. The molecule has 0 amide bonds. The van der Waals surface area contributed by atoms with Crippen molar-refractivity contribution in [2.75, 3.05) is 13.1 Å². The van der Waals surface area contributed by atoms with Crippen LogP contribution in [0.15, 0.2) is 18.2 Å². The van der Waals surface area contributed by atoms with Crippen molar-refractivity contribution < 1.29 is 4.74 Å². The first-order valence-corrected chi connectivity index (χ1v) is 5.12. The standard InChI is InChI=1S/C11H14N2O/c1-2-10(14-11-6-13-7-11)3-9-5-12-4-8(1)9/h1-3,11-13H,4-7H2. The summed E-state index contributed by atoms with van der Waals surface area (Å²) in [6.45, 7) is 3.95. The molecule has 14 heavy (non-hydrogen) atoms. The lowest BCUT2D eigenvalue weighted by molar-refractivity contribution is 0.142. The zero-order valence-electron chi connectivity index (χ0n) is 8.05. The normalized spacial score (nSPS) is 20.3.